The second-order valence-corrected chi connectivity index (χ2v) is 21.7. The quantitative estimate of drug-likeness (QED) is 0.0366. The minimum atomic E-state index is -2.00. The highest BCUT2D eigenvalue weighted by molar-refractivity contribution is 6.01. The maximum absolute atomic E-state index is 17.5. The number of ether oxygens (including phenoxy) is 4. The molecule has 0 spiro atoms. The van der Waals surface area contributed by atoms with Crippen molar-refractivity contribution in [2.45, 2.75) is 245 Å². The summed E-state index contributed by atoms with van der Waals surface area (Å²) in [6.45, 7) is 9.00. The Balaban J connectivity index is 1.19. The molecule has 0 aromatic rings. The normalized spacial score (nSPS) is 27.4. The number of ketones is 2. The molecule has 69 heavy (non-hydrogen) atoms. The van der Waals surface area contributed by atoms with Crippen molar-refractivity contribution in [2.24, 2.45) is 34.5 Å². The van der Waals surface area contributed by atoms with Crippen LogP contribution in [0.25, 0.3) is 0 Å². The highest BCUT2D eigenvalue weighted by Gasteiger charge is 2.71. The number of Topliss-reactive ketones (excluding diaryl/α,β-unsaturated/α-hetero) is 1. The molecule has 12 heteroatoms. The zero-order valence-corrected chi connectivity index (χ0v) is 43.4. The Bertz CT molecular complexity index is 1710. The van der Waals surface area contributed by atoms with Crippen molar-refractivity contribution in [3.8, 4) is 0 Å². The molecular formula is C57H91FO11. The van der Waals surface area contributed by atoms with E-state index in [9.17, 15) is 33.9 Å². The molecule has 0 heterocycles. The average molecular weight is 971 g/mol. The summed E-state index contributed by atoms with van der Waals surface area (Å²) < 4.78 is 39.4. The van der Waals surface area contributed by atoms with Gasteiger partial charge >= 0.3 is 23.9 Å². The number of alkyl halides is 1. The first-order chi connectivity index (χ1) is 33.1. The molecular weight excluding hydrogens is 880 g/mol. The number of rotatable bonds is 35. The Kier molecular flexibility index (Phi) is 25.1. The Morgan fingerprint density at radius 3 is 1.65 bits per heavy atom. The van der Waals surface area contributed by atoms with Crippen molar-refractivity contribution in [2.75, 3.05) is 19.8 Å². The predicted octanol–water partition coefficient (Wildman–Crippen LogP) is 12.5. The van der Waals surface area contributed by atoms with Crippen LogP contribution in [0.4, 0.5) is 4.39 Å². The molecule has 1 N–H and O–H groups in total. The van der Waals surface area contributed by atoms with Crippen molar-refractivity contribution in [1.29, 1.82) is 0 Å². The van der Waals surface area contributed by atoms with Crippen LogP contribution in [0.5, 0.6) is 0 Å². The molecule has 1 unspecified atom stereocenters. The summed E-state index contributed by atoms with van der Waals surface area (Å²) in [6.07, 6.45) is 29.0. The second kappa shape index (κ2) is 29.8. The molecule has 0 aromatic carbocycles. The van der Waals surface area contributed by atoms with Gasteiger partial charge in [-0.1, -0.05) is 168 Å². The van der Waals surface area contributed by atoms with Crippen molar-refractivity contribution >= 4 is 35.4 Å². The molecule has 3 fully saturated rings. The van der Waals surface area contributed by atoms with Gasteiger partial charge in [0.05, 0.1) is 18.9 Å². The van der Waals surface area contributed by atoms with E-state index in [1.807, 2.05) is 13.8 Å². The van der Waals surface area contributed by atoms with Gasteiger partial charge in [0, 0.05) is 30.1 Å². The van der Waals surface area contributed by atoms with Crippen LogP contribution in [-0.2, 0) is 47.7 Å². The van der Waals surface area contributed by atoms with Crippen LogP contribution >= 0.6 is 0 Å². The molecule has 9 atom stereocenters. The van der Waals surface area contributed by atoms with Crippen LogP contribution in [0.3, 0.4) is 0 Å². The van der Waals surface area contributed by atoms with Crippen LogP contribution in [-0.4, -0.2) is 78.2 Å². The minimum Gasteiger partial charge on any atom is -0.462 e. The van der Waals surface area contributed by atoms with Gasteiger partial charge in [-0.05, 0) is 74.9 Å². The monoisotopic (exact) mass is 971 g/mol. The van der Waals surface area contributed by atoms with Gasteiger partial charge < -0.3 is 24.1 Å². The Morgan fingerprint density at radius 2 is 1.13 bits per heavy atom. The van der Waals surface area contributed by atoms with Gasteiger partial charge in [0.15, 0.2) is 23.3 Å². The molecule has 392 valence electrons. The molecule has 0 aromatic heterocycles. The van der Waals surface area contributed by atoms with Gasteiger partial charge in [-0.15, -0.1) is 0 Å². The minimum absolute atomic E-state index is 0.0596. The molecule has 3 saturated carbocycles. The van der Waals surface area contributed by atoms with Gasteiger partial charge in [0.2, 0.25) is 0 Å². The molecule has 4 aliphatic rings. The van der Waals surface area contributed by atoms with Gasteiger partial charge in [-0.25, -0.2) is 4.39 Å². The number of unbranched alkanes of at least 4 members (excludes halogenated alkanes) is 20. The third kappa shape index (κ3) is 17.1. The summed E-state index contributed by atoms with van der Waals surface area (Å²) in [7, 11) is 0. The number of hydrogen-bond donors (Lipinski definition) is 1. The van der Waals surface area contributed by atoms with Crippen LogP contribution < -0.4 is 0 Å². The average Bonchev–Trinajstić information content (AvgIpc) is 3.58. The lowest BCUT2D eigenvalue weighted by molar-refractivity contribution is -0.196. The smallest absolute Gasteiger partial charge is 0.306 e. The second-order valence-electron chi connectivity index (χ2n) is 21.7. The molecule has 0 amide bonds. The Hall–Kier alpha value is -3.41. The number of carbonyl (C=O) groups excluding carboxylic acids is 6. The lowest BCUT2D eigenvalue weighted by atomic mass is 9.45. The van der Waals surface area contributed by atoms with Crippen LogP contribution in [0.1, 0.15) is 227 Å². The summed E-state index contributed by atoms with van der Waals surface area (Å²) in [5.41, 5.74) is -3.15. The van der Waals surface area contributed by atoms with Gasteiger partial charge in [-0.3, -0.25) is 28.8 Å². The number of carbonyl (C=O) groups is 6. The zero-order chi connectivity index (χ0) is 50.3. The SMILES string of the molecule is CCCCCCCCCCCCCC(=O)OCC(COC(=O)CCC(=O)OCC(=O)[C@H]1[C@H](C)C[C@H]2[C@@H]3CCC4=CC(=O)C=C[C@]4(C)[C@@]3(F)[C@@H](O)C[C@@]21C)OC(=O)CCCCCCCCCCCCC. The van der Waals surface area contributed by atoms with E-state index in [2.05, 4.69) is 13.8 Å². The van der Waals surface area contributed by atoms with Gasteiger partial charge in [0.1, 0.15) is 19.8 Å². The van der Waals surface area contributed by atoms with Crippen LogP contribution in [0.15, 0.2) is 23.8 Å². The topological polar surface area (TPSA) is 160 Å². The van der Waals surface area contributed by atoms with Crippen molar-refractivity contribution in [1.82, 2.24) is 0 Å². The van der Waals surface area contributed by atoms with Crippen LogP contribution in [0, 0.1) is 34.5 Å². The number of allylic oxidation sites excluding steroid dienone is 4. The first kappa shape index (κ1) is 58.2. The lowest BCUT2D eigenvalue weighted by Gasteiger charge is -2.61. The van der Waals surface area contributed by atoms with E-state index in [0.717, 1.165) is 38.5 Å². The maximum atomic E-state index is 17.5. The predicted molar refractivity (Wildman–Crippen MR) is 266 cm³/mol. The molecule has 0 radical (unpaired) electrons. The van der Waals surface area contributed by atoms with E-state index in [1.165, 1.54) is 102 Å². The summed E-state index contributed by atoms with van der Waals surface area (Å²) in [4.78, 5) is 77.3. The van der Waals surface area contributed by atoms with E-state index < -0.39 is 71.0 Å². The van der Waals surface area contributed by atoms with E-state index in [4.69, 9.17) is 18.9 Å². The third-order valence-corrected chi connectivity index (χ3v) is 16.4. The first-order valence-electron chi connectivity index (χ1n) is 27.6. The Morgan fingerprint density at radius 1 is 0.667 bits per heavy atom. The number of halogens is 1. The van der Waals surface area contributed by atoms with E-state index in [1.54, 1.807) is 13.0 Å². The van der Waals surface area contributed by atoms with E-state index in [-0.39, 0.29) is 68.7 Å². The molecule has 11 nitrogen and oxygen atoms in total. The standard InChI is InChI=1S/C57H91FO11/c1-6-8-10-12-14-16-18-20-22-24-26-28-50(62)66-39-45(69-53(65)29-27-25-23-21-19-17-15-13-11-9-7-2)40-67-51(63)32-33-52(64)68-41-48(60)54-42(3)36-47-46-31-30-43-37-44(59)34-35-56(43,5)57(46,58)49(61)38-55(47,54)4/h34-35,37,42,45-47,49,54,61H,6-33,36,38-41H2,1-5H3/t42-,45?,46+,47+,49+,54-,55+,56+,57+/m1/s1. The fourth-order valence-electron chi connectivity index (χ4n) is 12.5. The van der Waals surface area contributed by atoms with E-state index >= 15 is 4.39 Å². The lowest BCUT2D eigenvalue weighted by Crippen LogP contribution is -2.66. The largest absolute Gasteiger partial charge is 0.462 e. The number of aliphatic hydroxyl groups excluding tert-OH is 1. The molecule has 4 rings (SSSR count). The van der Waals surface area contributed by atoms with Crippen LogP contribution in [0.2, 0.25) is 0 Å². The summed E-state index contributed by atoms with van der Waals surface area (Å²) in [5.74, 6) is -4.27. The van der Waals surface area contributed by atoms with E-state index in [0.29, 0.717) is 37.7 Å². The number of esters is 4. The highest BCUT2D eigenvalue weighted by Crippen LogP contribution is 2.69. The van der Waals surface area contributed by atoms with Crippen molar-refractivity contribution in [3.63, 3.8) is 0 Å². The van der Waals surface area contributed by atoms with Gasteiger partial charge in [-0.2, -0.15) is 0 Å². The Labute approximate surface area is 414 Å². The first-order valence-corrected chi connectivity index (χ1v) is 27.6. The fourth-order valence-corrected chi connectivity index (χ4v) is 12.5. The number of fused-ring (bicyclic) bond motifs is 5. The molecule has 4 aliphatic carbocycles. The highest BCUT2D eigenvalue weighted by atomic mass is 19.1. The maximum Gasteiger partial charge on any atom is 0.306 e. The number of aliphatic hydroxyl groups is 1. The molecule has 0 bridgehead atoms. The summed E-state index contributed by atoms with van der Waals surface area (Å²) in [6, 6.07) is 0. The van der Waals surface area contributed by atoms with Crippen molar-refractivity contribution in [3.05, 3.63) is 23.8 Å². The summed E-state index contributed by atoms with van der Waals surface area (Å²) in [5, 5.41) is 11.6. The van der Waals surface area contributed by atoms with Crippen molar-refractivity contribution < 1.29 is 57.2 Å². The van der Waals surface area contributed by atoms with Gasteiger partial charge in [0.25, 0.3) is 0 Å². The third-order valence-electron chi connectivity index (χ3n) is 16.4. The molecule has 0 aliphatic heterocycles. The number of hydrogen-bond acceptors (Lipinski definition) is 11. The summed E-state index contributed by atoms with van der Waals surface area (Å²) >= 11 is 0. The fraction of sp³-hybridized carbons (Fsp3) is 0.825. The molecule has 0 saturated heterocycles. The zero-order valence-electron chi connectivity index (χ0n) is 43.4.